The Kier molecular flexibility index (Phi) is 2.70. The first-order valence-electron chi connectivity index (χ1n) is 5.76. The molecule has 1 aromatic carbocycles. The topological polar surface area (TPSA) is 55.1 Å². The van der Waals surface area contributed by atoms with Crippen LogP contribution in [-0.2, 0) is 13.0 Å². The molecule has 0 atom stereocenters. The number of benzene rings is 1. The summed E-state index contributed by atoms with van der Waals surface area (Å²) in [7, 11) is 0. The van der Waals surface area contributed by atoms with Crippen LogP contribution in [0, 0.1) is 0 Å². The molecule has 0 spiro atoms. The number of nitrogens with zero attached hydrogens (tertiary/aromatic N) is 2. The second-order valence-corrected chi connectivity index (χ2v) is 5.13. The third-order valence-electron chi connectivity index (χ3n) is 3.19. The number of carboxylic acid groups (broad SMARTS) is 1. The van der Waals surface area contributed by atoms with Gasteiger partial charge in [-0.05, 0) is 18.9 Å². The molecule has 1 aromatic heterocycles. The Morgan fingerprint density at radius 1 is 1.39 bits per heavy atom. The lowest BCUT2D eigenvalue weighted by molar-refractivity contribution is 0.0690. The molecule has 0 saturated carbocycles. The summed E-state index contributed by atoms with van der Waals surface area (Å²) in [5, 5.41) is 9.19. The summed E-state index contributed by atoms with van der Waals surface area (Å²) >= 11 is 3.49. The van der Waals surface area contributed by atoms with E-state index < -0.39 is 5.97 Å². The number of hydrogen-bond donors (Lipinski definition) is 1. The summed E-state index contributed by atoms with van der Waals surface area (Å²) < 4.78 is 2.95. The molecule has 0 radical (unpaired) electrons. The molecular formula is C13H11BrN2O2. The average molecular weight is 307 g/mol. The smallest absolute Gasteiger partial charge is 0.356 e. The van der Waals surface area contributed by atoms with Gasteiger partial charge in [-0.1, -0.05) is 34.1 Å². The normalized spacial score (nSPS) is 13.6. The van der Waals surface area contributed by atoms with Crippen molar-refractivity contribution in [1.82, 2.24) is 9.55 Å². The van der Waals surface area contributed by atoms with E-state index in [1.807, 2.05) is 28.8 Å². The van der Waals surface area contributed by atoms with E-state index in [0.717, 1.165) is 40.9 Å². The minimum atomic E-state index is -0.945. The average Bonchev–Trinajstić information content (AvgIpc) is 2.90. The number of imidazole rings is 1. The second-order valence-electron chi connectivity index (χ2n) is 4.27. The second kappa shape index (κ2) is 4.24. The van der Waals surface area contributed by atoms with Crippen molar-refractivity contribution >= 4 is 21.9 Å². The number of halogens is 1. The molecule has 0 bridgehead atoms. The van der Waals surface area contributed by atoms with Gasteiger partial charge in [-0.3, -0.25) is 0 Å². The number of carbonyl (C=O) groups is 1. The molecule has 1 aliphatic rings. The molecule has 0 aliphatic carbocycles. The minimum Gasteiger partial charge on any atom is -0.476 e. The number of aromatic nitrogens is 2. The Morgan fingerprint density at radius 3 is 2.89 bits per heavy atom. The molecule has 1 aliphatic heterocycles. The fourth-order valence-corrected chi connectivity index (χ4v) is 2.87. The summed E-state index contributed by atoms with van der Waals surface area (Å²) in [5.41, 5.74) is 1.97. The van der Waals surface area contributed by atoms with Crippen LogP contribution in [0.5, 0.6) is 0 Å². The Bertz CT molecular complexity index is 634. The fourth-order valence-electron chi connectivity index (χ4n) is 2.40. The Morgan fingerprint density at radius 2 is 2.17 bits per heavy atom. The molecule has 1 N–H and O–H groups in total. The van der Waals surface area contributed by atoms with Crippen molar-refractivity contribution in [2.24, 2.45) is 0 Å². The molecule has 4 nitrogen and oxygen atoms in total. The Labute approximate surface area is 112 Å². The molecular weight excluding hydrogens is 296 g/mol. The number of hydrogen-bond acceptors (Lipinski definition) is 2. The zero-order chi connectivity index (χ0) is 12.7. The molecule has 0 unspecified atom stereocenters. The lowest BCUT2D eigenvalue weighted by Crippen LogP contribution is -2.00. The van der Waals surface area contributed by atoms with Crippen molar-refractivity contribution < 1.29 is 9.90 Å². The third-order valence-corrected chi connectivity index (χ3v) is 3.88. The van der Waals surface area contributed by atoms with Crippen LogP contribution < -0.4 is 0 Å². The minimum absolute atomic E-state index is 0.193. The van der Waals surface area contributed by atoms with E-state index in [1.165, 1.54) is 0 Å². The van der Waals surface area contributed by atoms with E-state index in [1.54, 1.807) is 0 Å². The maximum absolute atomic E-state index is 11.2. The largest absolute Gasteiger partial charge is 0.476 e. The predicted octanol–water partition coefficient (Wildman–Crippen LogP) is 2.96. The molecule has 5 heteroatoms. The van der Waals surface area contributed by atoms with Crippen LogP contribution in [0.4, 0.5) is 0 Å². The highest BCUT2D eigenvalue weighted by atomic mass is 79.9. The highest BCUT2D eigenvalue weighted by molar-refractivity contribution is 9.10. The number of carboxylic acids is 1. The summed E-state index contributed by atoms with van der Waals surface area (Å²) in [4.78, 5) is 15.5. The van der Waals surface area contributed by atoms with Gasteiger partial charge in [-0.2, -0.15) is 0 Å². The van der Waals surface area contributed by atoms with E-state index in [9.17, 15) is 9.90 Å². The van der Waals surface area contributed by atoms with Gasteiger partial charge in [0.05, 0.1) is 5.69 Å². The van der Waals surface area contributed by atoms with Gasteiger partial charge in [0.25, 0.3) is 0 Å². The molecule has 18 heavy (non-hydrogen) atoms. The molecule has 0 amide bonds. The molecule has 2 heterocycles. The lowest BCUT2D eigenvalue weighted by Gasteiger charge is -2.05. The summed E-state index contributed by atoms with van der Waals surface area (Å²) in [6, 6.07) is 7.74. The van der Waals surface area contributed by atoms with E-state index in [0.29, 0.717) is 0 Å². The van der Waals surface area contributed by atoms with E-state index in [4.69, 9.17) is 0 Å². The standard InChI is InChI=1S/C13H11BrN2O2/c14-9-5-2-1-4-8(9)12-15-11(13(17)18)10-6-3-7-16(10)12/h1-2,4-5H,3,6-7H2,(H,17,18). The van der Waals surface area contributed by atoms with Gasteiger partial charge in [-0.15, -0.1) is 0 Å². The van der Waals surface area contributed by atoms with Crippen LogP contribution in [0.1, 0.15) is 22.6 Å². The molecule has 0 fully saturated rings. The highest BCUT2D eigenvalue weighted by Crippen LogP contribution is 2.32. The van der Waals surface area contributed by atoms with E-state index in [-0.39, 0.29) is 5.69 Å². The third kappa shape index (κ3) is 1.66. The molecule has 3 rings (SSSR count). The van der Waals surface area contributed by atoms with Crippen molar-refractivity contribution in [2.45, 2.75) is 19.4 Å². The monoisotopic (exact) mass is 306 g/mol. The SMILES string of the molecule is O=C(O)c1nc(-c2ccccc2Br)n2c1CCC2. The number of aromatic carboxylic acids is 1. The van der Waals surface area contributed by atoms with Crippen molar-refractivity contribution in [2.75, 3.05) is 0 Å². The lowest BCUT2D eigenvalue weighted by atomic mass is 10.2. The quantitative estimate of drug-likeness (QED) is 0.928. The van der Waals surface area contributed by atoms with E-state index in [2.05, 4.69) is 20.9 Å². The van der Waals surface area contributed by atoms with Crippen LogP contribution in [-0.4, -0.2) is 20.6 Å². The number of rotatable bonds is 2. The first kappa shape index (κ1) is 11.5. The number of fused-ring (bicyclic) bond motifs is 1. The van der Waals surface area contributed by atoms with Gasteiger partial charge in [0.15, 0.2) is 5.69 Å². The maximum atomic E-state index is 11.2. The fraction of sp³-hybridized carbons (Fsp3) is 0.231. The van der Waals surface area contributed by atoms with Gasteiger partial charge < -0.3 is 9.67 Å². The van der Waals surface area contributed by atoms with Crippen LogP contribution in [0.25, 0.3) is 11.4 Å². The predicted molar refractivity (Wildman–Crippen MR) is 70.6 cm³/mol. The summed E-state index contributed by atoms with van der Waals surface area (Å²) in [6.07, 6.45) is 1.77. The van der Waals surface area contributed by atoms with Crippen LogP contribution in [0.3, 0.4) is 0 Å². The Hall–Kier alpha value is -1.62. The van der Waals surface area contributed by atoms with Crippen LogP contribution in [0.15, 0.2) is 28.7 Å². The maximum Gasteiger partial charge on any atom is 0.356 e. The highest BCUT2D eigenvalue weighted by Gasteiger charge is 2.26. The van der Waals surface area contributed by atoms with Gasteiger partial charge in [0, 0.05) is 16.6 Å². The van der Waals surface area contributed by atoms with Crippen molar-refractivity contribution in [3.63, 3.8) is 0 Å². The molecule has 0 saturated heterocycles. The van der Waals surface area contributed by atoms with Gasteiger partial charge in [-0.25, -0.2) is 9.78 Å². The van der Waals surface area contributed by atoms with Crippen LogP contribution >= 0.6 is 15.9 Å². The summed E-state index contributed by atoms with van der Waals surface area (Å²) in [6.45, 7) is 0.840. The zero-order valence-corrected chi connectivity index (χ0v) is 11.1. The Balaban J connectivity index is 2.23. The first-order chi connectivity index (χ1) is 8.68. The molecule has 2 aromatic rings. The van der Waals surface area contributed by atoms with Crippen molar-refractivity contribution in [3.05, 3.63) is 40.1 Å². The first-order valence-corrected chi connectivity index (χ1v) is 6.55. The van der Waals surface area contributed by atoms with Gasteiger partial charge in [0.2, 0.25) is 0 Å². The van der Waals surface area contributed by atoms with Crippen molar-refractivity contribution in [3.8, 4) is 11.4 Å². The summed E-state index contributed by atoms with van der Waals surface area (Å²) in [5.74, 6) is -0.202. The van der Waals surface area contributed by atoms with E-state index >= 15 is 0 Å². The van der Waals surface area contributed by atoms with Gasteiger partial charge >= 0.3 is 5.97 Å². The molecule has 92 valence electrons. The van der Waals surface area contributed by atoms with Crippen molar-refractivity contribution in [1.29, 1.82) is 0 Å². The zero-order valence-electron chi connectivity index (χ0n) is 9.56. The van der Waals surface area contributed by atoms with Gasteiger partial charge in [0.1, 0.15) is 5.82 Å². The van der Waals surface area contributed by atoms with Crippen LogP contribution in [0.2, 0.25) is 0 Å².